The predicted molar refractivity (Wildman–Crippen MR) is 55.5 cm³/mol. The van der Waals surface area contributed by atoms with Crippen LogP contribution in [0.3, 0.4) is 0 Å². The molecule has 1 aliphatic carbocycles. The summed E-state index contributed by atoms with van der Waals surface area (Å²) in [6.07, 6.45) is 1.03. The van der Waals surface area contributed by atoms with Gasteiger partial charge in [-0.2, -0.15) is 0 Å². The van der Waals surface area contributed by atoms with E-state index >= 15 is 0 Å². The molecule has 1 saturated carbocycles. The molecule has 0 heterocycles. The summed E-state index contributed by atoms with van der Waals surface area (Å²) in [7, 11) is 0. The molecular weight excluding hydrogens is 192 g/mol. The summed E-state index contributed by atoms with van der Waals surface area (Å²) in [5, 5.41) is 18.4. The third-order valence-electron chi connectivity index (χ3n) is 3.11. The van der Waals surface area contributed by atoms with Crippen molar-refractivity contribution in [3.8, 4) is 0 Å². The number of carboxylic acids is 1. The van der Waals surface area contributed by atoms with Gasteiger partial charge in [0, 0.05) is 5.41 Å². The van der Waals surface area contributed by atoms with E-state index in [-0.39, 0.29) is 0 Å². The van der Waals surface area contributed by atoms with E-state index in [1.54, 1.807) is 0 Å². The second kappa shape index (κ2) is 3.66. The van der Waals surface area contributed by atoms with Crippen molar-refractivity contribution in [3.05, 3.63) is 35.9 Å². The molecule has 0 saturated heterocycles. The second-order valence-corrected chi connectivity index (χ2v) is 4.27. The SMILES string of the molecule is O=C(O)C(O)C1(Cc2ccccc2)CC1. The Hall–Kier alpha value is -1.35. The van der Waals surface area contributed by atoms with Crippen LogP contribution in [0.1, 0.15) is 18.4 Å². The van der Waals surface area contributed by atoms with Crippen LogP contribution in [-0.4, -0.2) is 22.3 Å². The Labute approximate surface area is 88.4 Å². The van der Waals surface area contributed by atoms with Gasteiger partial charge >= 0.3 is 5.97 Å². The molecule has 2 rings (SSSR count). The molecule has 3 nitrogen and oxygen atoms in total. The Morgan fingerprint density at radius 2 is 1.93 bits per heavy atom. The van der Waals surface area contributed by atoms with Crippen LogP contribution in [0.4, 0.5) is 0 Å². The van der Waals surface area contributed by atoms with E-state index in [0.717, 1.165) is 18.4 Å². The van der Waals surface area contributed by atoms with Crippen molar-refractivity contribution in [1.82, 2.24) is 0 Å². The first-order chi connectivity index (χ1) is 7.14. The lowest BCUT2D eigenvalue weighted by Gasteiger charge is -2.18. The average molecular weight is 206 g/mol. The highest BCUT2D eigenvalue weighted by atomic mass is 16.4. The van der Waals surface area contributed by atoms with Gasteiger partial charge in [-0.25, -0.2) is 4.79 Å². The number of carboxylic acid groups (broad SMARTS) is 1. The Balaban J connectivity index is 2.09. The Bertz CT molecular complexity index is 354. The predicted octanol–water partition coefficient (Wildman–Crippen LogP) is 1.45. The van der Waals surface area contributed by atoms with Gasteiger partial charge in [-0.05, 0) is 24.8 Å². The lowest BCUT2D eigenvalue weighted by molar-refractivity contribution is -0.150. The maximum atomic E-state index is 10.7. The molecule has 0 spiro atoms. The van der Waals surface area contributed by atoms with Crippen LogP contribution in [0.25, 0.3) is 0 Å². The molecule has 0 aliphatic heterocycles. The van der Waals surface area contributed by atoms with Gasteiger partial charge in [0.15, 0.2) is 6.10 Å². The smallest absolute Gasteiger partial charge is 0.333 e. The zero-order valence-electron chi connectivity index (χ0n) is 8.39. The van der Waals surface area contributed by atoms with Gasteiger partial charge in [0.25, 0.3) is 0 Å². The van der Waals surface area contributed by atoms with Gasteiger partial charge < -0.3 is 10.2 Å². The number of aliphatic carboxylic acids is 1. The molecule has 80 valence electrons. The van der Waals surface area contributed by atoms with Gasteiger partial charge in [0.1, 0.15) is 0 Å². The number of aliphatic hydroxyl groups excluding tert-OH is 1. The first-order valence-corrected chi connectivity index (χ1v) is 5.09. The van der Waals surface area contributed by atoms with E-state index < -0.39 is 17.5 Å². The number of carbonyl (C=O) groups is 1. The summed E-state index contributed by atoms with van der Waals surface area (Å²) < 4.78 is 0. The van der Waals surface area contributed by atoms with Crippen LogP contribution in [-0.2, 0) is 11.2 Å². The third kappa shape index (κ3) is 2.02. The van der Waals surface area contributed by atoms with E-state index in [1.807, 2.05) is 30.3 Å². The monoisotopic (exact) mass is 206 g/mol. The molecule has 15 heavy (non-hydrogen) atoms. The average Bonchev–Trinajstić information content (AvgIpc) is 2.99. The number of benzene rings is 1. The van der Waals surface area contributed by atoms with E-state index in [4.69, 9.17) is 5.11 Å². The van der Waals surface area contributed by atoms with Gasteiger partial charge in [-0.15, -0.1) is 0 Å². The quantitative estimate of drug-likeness (QED) is 0.784. The molecule has 2 N–H and O–H groups in total. The van der Waals surface area contributed by atoms with Crippen molar-refractivity contribution >= 4 is 5.97 Å². The van der Waals surface area contributed by atoms with Gasteiger partial charge in [0.05, 0.1) is 0 Å². The maximum Gasteiger partial charge on any atom is 0.333 e. The summed E-state index contributed by atoms with van der Waals surface area (Å²) in [5.41, 5.74) is 0.683. The molecule has 0 amide bonds. The molecule has 1 aliphatic rings. The molecule has 0 radical (unpaired) electrons. The molecule has 1 atom stereocenters. The van der Waals surface area contributed by atoms with E-state index in [9.17, 15) is 9.90 Å². The van der Waals surface area contributed by atoms with Gasteiger partial charge in [-0.1, -0.05) is 30.3 Å². The van der Waals surface area contributed by atoms with Crippen molar-refractivity contribution in [3.63, 3.8) is 0 Å². The molecular formula is C12H14O3. The van der Waals surface area contributed by atoms with Crippen molar-refractivity contribution in [2.75, 3.05) is 0 Å². The van der Waals surface area contributed by atoms with Crippen LogP contribution in [0.2, 0.25) is 0 Å². The highest BCUT2D eigenvalue weighted by molar-refractivity contribution is 5.73. The first kappa shape index (κ1) is 10.2. The van der Waals surface area contributed by atoms with Crippen LogP contribution < -0.4 is 0 Å². The Morgan fingerprint density at radius 3 is 2.40 bits per heavy atom. The van der Waals surface area contributed by atoms with Gasteiger partial charge in [0.2, 0.25) is 0 Å². The molecule has 1 aromatic carbocycles. The minimum Gasteiger partial charge on any atom is -0.479 e. The van der Waals surface area contributed by atoms with Crippen molar-refractivity contribution < 1.29 is 15.0 Å². The lowest BCUT2D eigenvalue weighted by Crippen LogP contribution is -2.32. The zero-order valence-corrected chi connectivity index (χ0v) is 8.39. The summed E-state index contributed by atoms with van der Waals surface area (Å²) in [6.45, 7) is 0. The normalized spacial score (nSPS) is 19.5. The largest absolute Gasteiger partial charge is 0.479 e. The third-order valence-corrected chi connectivity index (χ3v) is 3.11. The van der Waals surface area contributed by atoms with Crippen molar-refractivity contribution in [1.29, 1.82) is 0 Å². The number of hydrogen-bond donors (Lipinski definition) is 2. The Morgan fingerprint density at radius 1 is 1.33 bits per heavy atom. The van der Waals surface area contributed by atoms with Crippen LogP contribution >= 0.6 is 0 Å². The highest BCUT2D eigenvalue weighted by Gasteiger charge is 2.51. The van der Waals surface area contributed by atoms with Crippen LogP contribution in [0.5, 0.6) is 0 Å². The van der Waals surface area contributed by atoms with Crippen molar-refractivity contribution in [2.45, 2.75) is 25.4 Å². The van der Waals surface area contributed by atoms with Crippen LogP contribution in [0, 0.1) is 5.41 Å². The molecule has 3 heteroatoms. The van der Waals surface area contributed by atoms with Crippen LogP contribution in [0.15, 0.2) is 30.3 Å². The lowest BCUT2D eigenvalue weighted by atomic mass is 9.91. The summed E-state index contributed by atoms with van der Waals surface area (Å²) in [6, 6.07) is 9.72. The summed E-state index contributed by atoms with van der Waals surface area (Å²) in [4.78, 5) is 10.7. The minimum atomic E-state index is -1.22. The molecule has 1 unspecified atom stereocenters. The molecule has 0 aromatic heterocycles. The maximum absolute atomic E-state index is 10.7. The summed E-state index contributed by atoms with van der Waals surface area (Å²) >= 11 is 0. The fraction of sp³-hybridized carbons (Fsp3) is 0.417. The minimum absolute atomic E-state index is 0.410. The molecule has 1 aromatic rings. The Kier molecular flexibility index (Phi) is 2.49. The van der Waals surface area contributed by atoms with E-state index in [0.29, 0.717) is 6.42 Å². The number of rotatable bonds is 4. The topological polar surface area (TPSA) is 57.5 Å². The zero-order chi connectivity index (χ0) is 10.9. The highest BCUT2D eigenvalue weighted by Crippen LogP contribution is 2.51. The second-order valence-electron chi connectivity index (χ2n) is 4.27. The first-order valence-electron chi connectivity index (χ1n) is 5.09. The summed E-state index contributed by atoms with van der Waals surface area (Å²) in [5.74, 6) is -1.11. The number of hydrogen-bond acceptors (Lipinski definition) is 2. The van der Waals surface area contributed by atoms with E-state index in [2.05, 4.69) is 0 Å². The van der Waals surface area contributed by atoms with Gasteiger partial charge in [-0.3, -0.25) is 0 Å². The fourth-order valence-electron chi connectivity index (χ4n) is 1.97. The van der Waals surface area contributed by atoms with Crippen molar-refractivity contribution in [2.24, 2.45) is 5.41 Å². The fourth-order valence-corrected chi connectivity index (χ4v) is 1.97. The standard InChI is InChI=1S/C12H14O3/c13-10(11(14)15)12(6-7-12)8-9-4-2-1-3-5-9/h1-5,10,13H,6-8H2,(H,14,15). The van der Waals surface area contributed by atoms with E-state index in [1.165, 1.54) is 0 Å². The number of aliphatic hydroxyl groups is 1. The molecule has 0 bridgehead atoms. The molecule has 1 fully saturated rings.